The number of benzene rings is 1. The lowest BCUT2D eigenvalue weighted by atomic mass is 9.97. The van der Waals surface area contributed by atoms with Gasteiger partial charge in [0.2, 0.25) is 0 Å². The summed E-state index contributed by atoms with van der Waals surface area (Å²) >= 11 is 3.06. The van der Waals surface area contributed by atoms with Gasteiger partial charge in [0.05, 0.1) is 18.6 Å². The van der Waals surface area contributed by atoms with Crippen LogP contribution in [0.4, 0.5) is 13.2 Å². The maximum Gasteiger partial charge on any atom is 0.420 e. The minimum absolute atomic E-state index is 0.219. The van der Waals surface area contributed by atoms with Crippen molar-refractivity contribution in [2.45, 2.75) is 18.6 Å². The molecule has 21 heavy (non-hydrogen) atoms. The molecule has 0 spiro atoms. The molecule has 2 unspecified atom stereocenters. The lowest BCUT2D eigenvalue weighted by molar-refractivity contribution is -0.141. The van der Waals surface area contributed by atoms with Crippen LogP contribution in [0.2, 0.25) is 0 Å². The van der Waals surface area contributed by atoms with Crippen molar-refractivity contribution < 1.29 is 27.8 Å². The van der Waals surface area contributed by atoms with Crippen LogP contribution >= 0.6 is 15.9 Å². The Morgan fingerprint density at radius 1 is 1.48 bits per heavy atom. The van der Waals surface area contributed by atoms with Crippen molar-refractivity contribution >= 4 is 21.9 Å². The van der Waals surface area contributed by atoms with Crippen molar-refractivity contribution in [3.8, 4) is 5.75 Å². The van der Waals surface area contributed by atoms with Gasteiger partial charge in [-0.05, 0) is 18.6 Å². The molecule has 1 aromatic carbocycles. The van der Waals surface area contributed by atoms with Crippen LogP contribution in [0.25, 0.3) is 0 Å². The number of rotatable bonds is 3. The quantitative estimate of drug-likeness (QED) is 0.861. The van der Waals surface area contributed by atoms with Crippen LogP contribution < -0.4 is 10.1 Å². The first-order chi connectivity index (χ1) is 9.74. The summed E-state index contributed by atoms with van der Waals surface area (Å²) < 4.78 is 44.4. The maximum atomic E-state index is 13.1. The second-order valence-electron chi connectivity index (χ2n) is 4.81. The SMILES string of the molecule is COc1c(C2CC(C(=O)O)CN2)cc(Br)cc1C(F)(F)F. The molecule has 116 valence electrons. The molecule has 1 heterocycles. The summed E-state index contributed by atoms with van der Waals surface area (Å²) in [6, 6.07) is 1.99. The number of methoxy groups -OCH3 is 1. The van der Waals surface area contributed by atoms with Crippen LogP contribution in [0.5, 0.6) is 5.75 Å². The van der Waals surface area contributed by atoms with E-state index >= 15 is 0 Å². The van der Waals surface area contributed by atoms with Crippen molar-refractivity contribution in [1.82, 2.24) is 5.32 Å². The number of halogens is 4. The first-order valence-corrected chi connectivity index (χ1v) is 6.94. The number of aliphatic carboxylic acids is 1. The predicted molar refractivity (Wildman–Crippen MR) is 72.2 cm³/mol. The van der Waals surface area contributed by atoms with Crippen LogP contribution in [0.3, 0.4) is 0 Å². The van der Waals surface area contributed by atoms with Gasteiger partial charge in [-0.25, -0.2) is 0 Å². The fraction of sp³-hybridized carbons (Fsp3) is 0.462. The number of hydrogen-bond donors (Lipinski definition) is 2. The smallest absolute Gasteiger partial charge is 0.420 e. The highest BCUT2D eigenvalue weighted by molar-refractivity contribution is 9.10. The van der Waals surface area contributed by atoms with Crippen molar-refractivity contribution in [1.29, 1.82) is 0 Å². The van der Waals surface area contributed by atoms with Crippen LogP contribution in [0.1, 0.15) is 23.6 Å². The molecular weight excluding hydrogens is 355 g/mol. The van der Waals surface area contributed by atoms with Gasteiger partial charge in [-0.2, -0.15) is 13.2 Å². The number of carboxylic acid groups (broad SMARTS) is 1. The van der Waals surface area contributed by atoms with E-state index < -0.39 is 29.7 Å². The second kappa shape index (κ2) is 5.84. The van der Waals surface area contributed by atoms with E-state index in [4.69, 9.17) is 9.84 Å². The first-order valence-electron chi connectivity index (χ1n) is 6.15. The van der Waals surface area contributed by atoms with E-state index in [0.717, 1.165) is 6.07 Å². The summed E-state index contributed by atoms with van der Waals surface area (Å²) in [4.78, 5) is 11.0. The number of carbonyl (C=O) groups is 1. The first kappa shape index (κ1) is 16.1. The second-order valence-corrected chi connectivity index (χ2v) is 5.72. The Morgan fingerprint density at radius 2 is 2.14 bits per heavy atom. The summed E-state index contributed by atoms with van der Waals surface area (Å²) in [5, 5.41) is 11.9. The molecule has 2 atom stereocenters. The van der Waals surface area contributed by atoms with E-state index in [0.29, 0.717) is 5.56 Å². The van der Waals surface area contributed by atoms with Crippen molar-refractivity contribution in [3.63, 3.8) is 0 Å². The summed E-state index contributed by atoms with van der Waals surface area (Å²) in [6.45, 7) is 0.219. The van der Waals surface area contributed by atoms with E-state index in [1.807, 2.05) is 0 Å². The van der Waals surface area contributed by atoms with Crippen LogP contribution in [-0.4, -0.2) is 24.7 Å². The third kappa shape index (κ3) is 3.32. The van der Waals surface area contributed by atoms with Gasteiger partial charge in [0.25, 0.3) is 0 Å². The summed E-state index contributed by atoms with van der Waals surface area (Å²) in [7, 11) is 1.17. The van der Waals surface area contributed by atoms with Gasteiger partial charge in [-0.15, -0.1) is 0 Å². The van der Waals surface area contributed by atoms with Gasteiger partial charge in [0, 0.05) is 22.6 Å². The van der Waals surface area contributed by atoms with Crippen LogP contribution in [0.15, 0.2) is 16.6 Å². The van der Waals surface area contributed by atoms with Gasteiger partial charge < -0.3 is 15.2 Å². The molecule has 4 nitrogen and oxygen atoms in total. The number of ether oxygens (including phenoxy) is 1. The Kier molecular flexibility index (Phi) is 4.48. The molecular formula is C13H13BrF3NO3. The maximum absolute atomic E-state index is 13.1. The van der Waals surface area contributed by atoms with Crippen LogP contribution in [-0.2, 0) is 11.0 Å². The zero-order valence-corrected chi connectivity index (χ0v) is 12.6. The molecule has 2 N–H and O–H groups in total. The highest BCUT2D eigenvalue weighted by atomic mass is 79.9. The number of hydrogen-bond acceptors (Lipinski definition) is 3. The normalized spacial score (nSPS) is 22.3. The predicted octanol–water partition coefficient (Wildman–Crippen LogP) is 3.21. The zero-order valence-electron chi connectivity index (χ0n) is 11.0. The molecule has 1 aliphatic rings. The summed E-state index contributed by atoms with van der Waals surface area (Å²) in [6.07, 6.45) is -4.33. The molecule has 0 bridgehead atoms. The van der Waals surface area contributed by atoms with Crippen molar-refractivity contribution in [3.05, 3.63) is 27.7 Å². The van der Waals surface area contributed by atoms with E-state index in [1.54, 1.807) is 0 Å². The van der Waals surface area contributed by atoms with E-state index in [1.165, 1.54) is 13.2 Å². The van der Waals surface area contributed by atoms with E-state index in [-0.39, 0.29) is 23.2 Å². The lowest BCUT2D eigenvalue weighted by Crippen LogP contribution is -2.18. The lowest BCUT2D eigenvalue weighted by Gasteiger charge is -2.20. The Morgan fingerprint density at radius 3 is 2.62 bits per heavy atom. The minimum Gasteiger partial charge on any atom is -0.496 e. The number of carboxylic acids is 1. The topological polar surface area (TPSA) is 58.6 Å². The molecule has 0 radical (unpaired) electrons. The minimum atomic E-state index is -4.55. The number of nitrogens with one attached hydrogen (secondary N) is 1. The van der Waals surface area contributed by atoms with Gasteiger partial charge in [-0.1, -0.05) is 15.9 Å². The highest BCUT2D eigenvalue weighted by Gasteiger charge is 2.39. The van der Waals surface area contributed by atoms with Gasteiger partial charge in [0.1, 0.15) is 5.75 Å². The molecule has 0 aromatic heterocycles. The molecule has 1 aromatic rings. The third-order valence-electron chi connectivity index (χ3n) is 3.45. The Balaban J connectivity index is 2.45. The zero-order chi connectivity index (χ0) is 15.8. The monoisotopic (exact) mass is 367 g/mol. The van der Waals surface area contributed by atoms with Crippen molar-refractivity contribution in [2.24, 2.45) is 5.92 Å². The average Bonchev–Trinajstić information content (AvgIpc) is 2.86. The average molecular weight is 368 g/mol. The molecule has 1 saturated heterocycles. The molecule has 0 amide bonds. The Labute approximate surface area is 127 Å². The molecule has 8 heteroatoms. The summed E-state index contributed by atoms with van der Waals surface area (Å²) in [5.41, 5.74) is -0.571. The standard InChI is InChI=1S/C13H13BrF3NO3/c1-21-11-8(10-2-6(5-18-10)12(19)20)3-7(14)4-9(11)13(15,16)17/h3-4,6,10,18H,2,5H2,1H3,(H,19,20). The van der Waals surface area contributed by atoms with Crippen LogP contribution in [0, 0.1) is 5.92 Å². The largest absolute Gasteiger partial charge is 0.496 e. The van der Waals surface area contributed by atoms with E-state index in [2.05, 4.69) is 21.2 Å². The number of alkyl halides is 3. The van der Waals surface area contributed by atoms with Crippen molar-refractivity contribution in [2.75, 3.05) is 13.7 Å². The Hall–Kier alpha value is -1.28. The molecule has 1 aliphatic heterocycles. The highest BCUT2D eigenvalue weighted by Crippen LogP contribution is 2.43. The van der Waals surface area contributed by atoms with Gasteiger partial charge in [-0.3, -0.25) is 4.79 Å². The molecule has 1 fully saturated rings. The van der Waals surface area contributed by atoms with Gasteiger partial charge >= 0.3 is 12.1 Å². The van der Waals surface area contributed by atoms with Gasteiger partial charge in [0.15, 0.2) is 0 Å². The Bertz CT molecular complexity index is 562. The fourth-order valence-electron chi connectivity index (χ4n) is 2.47. The van der Waals surface area contributed by atoms with E-state index in [9.17, 15) is 18.0 Å². The molecule has 0 saturated carbocycles. The molecule has 2 rings (SSSR count). The fourth-order valence-corrected chi connectivity index (χ4v) is 2.95. The molecule has 0 aliphatic carbocycles. The summed E-state index contributed by atoms with van der Waals surface area (Å²) in [5.74, 6) is -1.85. The third-order valence-corrected chi connectivity index (χ3v) is 3.91.